The van der Waals surface area contributed by atoms with Gasteiger partial charge >= 0.3 is 0 Å². The SMILES string of the molecule is COc1ccc(OC)c(CC(=O)Nc2ncc(Cc3ccc(F)c(F)c3)s2)c1. The van der Waals surface area contributed by atoms with Crippen molar-refractivity contribution in [2.24, 2.45) is 0 Å². The van der Waals surface area contributed by atoms with Gasteiger partial charge in [0.05, 0.1) is 20.6 Å². The Labute approximate surface area is 164 Å². The zero-order valence-electron chi connectivity index (χ0n) is 15.3. The van der Waals surface area contributed by atoms with E-state index in [9.17, 15) is 13.6 Å². The van der Waals surface area contributed by atoms with Crippen LogP contribution in [-0.2, 0) is 17.6 Å². The largest absolute Gasteiger partial charge is 0.497 e. The van der Waals surface area contributed by atoms with Gasteiger partial charge in [0.15, 0.2) is 16.8 Å². The van der Waals surface area contributed by atoms with Crippen LogP contribution in [0.25, 0.3) is 0 Å². The minimum absolute atomic E-state index is 0.0957. The summed E-state index contributed by atoms with van der Waals surface area (Å²) in [6.07, 6.45) is 2.10. The van der Waals surface area contributed by atoms with Gasteiger partial charge in [-0.2, -0.15) is 0 Å². The fourth-order valence-electron chi connectivity index (χ4n) is 2.65. The second-order valence-electron chi connectivity index (χ2n) is 5.96. The summed E-state index contributed by atoms with van der Waals surface area (Å²) in [4.78, 5) is 17.4. The summed E-state index contributed by atoms with van der Waals surface area (Å²) in [6.45, 7) is 0. The first kappa shape index (κ1) is 19.8. The molecule has 0 unspecified atom stereocenters. The maximum absolute atomic E-state index is 13.3. The Kier molecular flexibility index (Phi) is 6.20. The molecule has 0 aliphatic rings. The van der Waals surface area contributed by atoms with E-state index >= 15 is 0 Å². The van der Waals surface area contributed by atoms with Gasteiger partial charge in [0.25, 0.3) is 0 Å². The van der Waals surface area contributed by atoms with E-state index in [1.165, 1.54) is 24.5 Å². The van der Waals surface area contributed by atoms with Gasteiger partial charge in [0.2, 0.25) is 5.91 Å². The molecule has 2 aromatic carbocycles. The van der Waals surface area contributed by atoms with Crippen LogP contribution in [0.2, 0.25) is 0 Å². The first-order valence-corrected chi connectivity index (χ1v) is 9.19. The number of aromatic nitrogens is 1. The van der Waals surface area contributed by atoms with Gasteiger partial charge in [-0.1, -0.05) is 6.07 Å². The number of halogens is 2. The molecule has 5 nitrogen and oxygen atoms in total. The molecule has 146 valence electrons. The molecule has 0 bridgehead atoms. The van der Waals surface area contributed by atoms with E-state index in [1.807, 2.05) is 0 Å². The third kappa shape index (κ3) is 4.83. The molecule has 1 heterocycles. The third-order valence-electron chi connectivity index (χ3n) is 4.00. The van der Waals surface area contributed by atoms with Gasteiger partial charge in [-0.15, -0.1) is 11.3 Å². The van der Waals surface area contributed by atoms with Gasteiger partial charge in [-0.3, -0.25) is 4.79 Å². The first-order chi connectivity index (χ1) is 13.5. The molecular weight excluding hydrogens is 386 g/mol. The van der Waals surface area contributed by atoms with E-state index < -0.39 is 11.6 Å². The molecule has 8 heteroatoms. The number of carbonyl (C=O) groups excluding carboxylic acids is 1. The zero-order chi connectivity index (χ0) is 20.1. The normalized spacial score (nSPS) is 10.6. The Balaban J connectivity index is 1.65. The number of thiazole rings is 1. The fraction of sp³-hybridized carbons (Fsp3) is 0.200. The van der Waals surface area contributed by atoms with E-state index in [-0.39, 0.29) is 12.3 Å². The van der Waals surface area contributed by atoms with E-state index in [4.69, 9.17) is 9.47 Å². The van der Waals surface area contributed by atoms with Crippen LogP contribution in [0.3, 0.4) is 0 Å². The van der Waals surface area contributed by atoms with Crippen molar-refractivity contribution in [3.05, 3.63) is 70.2 Å². The molecule has 28 heavy (non-hydrogen) atoms. The highest BCUT2D eigenvalue weighted by Crippen LogP contribution is 2.26. The molecule has 1 aromatic heterocycles. The topological polar surface area (TPSA) is 60.5 Å². The minimum Gasteiger partial charge on any atom is -0.497 e. The van der Waals surface area contributed by atoms with Crippen molar-refractivity contribution in [1.82, 2.24) is 4.98 Å². The molecule has 0 spiro atoms. The maximum Gasteiger partial charge on any atom is 0.230 e. The second-order valence-corrected chi connectivity index (χ2v) is 7.07. The molecule has 0 atom stereocenters. The van der Waals surface area contributed by atoms with Crippen molar-refractivity contribution in [1.29, 1.82) is 0 Å². The lowest BCUT2D eigenvalue weighted by molar-refractivity contribution is -0.115. The number of nitrogens with one attached hydrogen (secondary N) is 1. The van der Waals surface area contributed by atoms with Crippen molar-refractivity contribution < 1.29 is 23.0 Å². The summed E-state index contributed by atoms with van der Waals surface area (Å²) in [5, 5.41) is 3.18. The van der Waals surface area contributed by atoms with Crippen molar-refractivity contribution in [2.45, 2.75) is 12.8 Å². The molecule has 0 radical (unpaired) electrons. The lowest BCUT2D eigenvalue weighted by Crippen LogP contribution is -2.14. The van der Waals surface area contributed by atoms with Gasteiger partial charge in [-0.05, 0) is 35.9 Å². The summed E-state index contributed by atoms with van der Waals surface area (Å²) < 4.78 is 36.8. The fourth-order valence-corrected chi connectivity index (χ4v) is 3.52. The van der Waals surface area contributed by atoms with Gasteiger partial charge in [0, 0.05) is 23.1 Å². The third-order valence-corrected chi connectivity index (χ3v) is 4.91. The summed E-state index contributed by atoms with van der Waals surface area (Å²) in [7, 11) is 3.09. The van der Waals surface area contributed by atoms with Crippen LogP contribution in [-0.4, -0.2) is 25.1 Å². The maximum atomic E-state index is 13.3. The summed E-state index contributed by atoms with van der Waals surface area (Å²) in [5.41, 5.74) is 1.32. The molecule has 0 saturated heterocycles. The highest BCUT2D eigenvalue weighted by molar-refractivity contribution is 7.15. The average molecular weight is 404 g/mol. The number of nitrogens with zero attached hydrogens (tertiary/aromatic N) is 1. The molecule has 0 fully saturated rings. The lowest BCUT2D eigenvalue weighted by atomic mass is 10.1. The standard InChI is InChI=1S/C20H18F2N2O3S/c1-26-14-4-6-18(27-2)13(9-14)10-19(25)24-20-23-11-15(28-20)7-12-3-5-16(21)17(22)8-12/h3-6,8-9,11H,7,10H2,1-2H3,(H,23,24,25). The van der Waals surface area contributed by atoms with Crippen LogP contribution in [0.15, 0.2) is 42.6 Å². The number of hydrogen-bond donors (Lipinski definition) is 1. The highest BCUT2D eigenvalue weighted by atomic mass is 32.1. The number of anilines is 1. The predicted molar refractivity (Wildman–Crippen MR) is 103 cm³/mol. The highest BCUT2D eigenvalue weighted by Gasteiger charge is 2.13. The Morgan fingerprint density at radius 3 is 2.64 bits per heavy atom. The van der Waals surface area contributed by atoms with Crippen LogP contribution in [0.5, 0.6) is 11.5 Å². The Bertz CT molecular complexity index is 991. The van der Waals surface area contributed by atoms with Crippen LogP contribution in [0, 0.1) is 11.6 Å². The van der Waals surface area contributed by atoms with E-state index in [2.05, 4.69) is 10.3 Å². The lowest BCUT2D eigenvalue weighted by Gasteiger charge is -2.10. The smallest absolute Gasteiger partial charge is 0.230 e. The number of benzene rings is 2. The van der Waals surface area contributed by atoms with E-state index in [0.717, 1.165) is 17.0 Å². The molecule has 3 aromatic rings. The summed E-state index contributed by atoms with van der Waals surface area (Å²) in [6, 6.07) is 9.01. The molecular formula is C20H18F2N2O3S. The number of hydrogen-bond acceptors (Lipinski definition) is 5. The van der Waals surface area contributed by atoms with Gasteiger partial charge in [-0.25, -0.2) is 13.8 Å². The van der Waals surface area contributed by atoms with Crippen LogP contribution < -0.4 is 14.8 Å². The Hall–Kier alpha value is -3.00. The molecule has 0 aliphatic carbocycles. The molecule has 3 rings (SSSR count). The van der Waals surface area contributed by atoms with Crippen molar-refractivity contribution in [3.8, 4) is 11.5 Å². The van der Waals surface area contributed by atoms with Crippen LogP contribution >= 0.6 is 11.3 Å². The van der Waals surface area contributed by atoms with Crippen molar-refractivity contribution in [3.63, 3.8) is 0 Å². The van der Waals surface area contributed by atoms with Gasteiger partial charge in [0.1, 0.15) is 11.5 Å². The quantitative estimate of drug-likeness (QED) is 0.641. The van der Waals surface area contributed by atoms with Crippen molar-refractivity contribution in [2.75, 3.05) is 19.5 Å². The van der Waals surface area contributed by atoms with Crippen LogP contribution in [0.4, 0.5) is 13.9 Å². The van der Waals surface area contributed by atoms with Crippen LogP contribution in [0.1, 0.15) is 16.0 Å². The number of amides is 1. The predicted octanol–water partition coefficient (Wildman–Crippen LogP) is 4.21. The summed E-state index contributed by atoms with van der Waals surface area (Å²) in [5.74, 6) is -0.794. The minimum atomic E-state index is -0.886. The van der Waals surface area contributed by atoms with E-state index in [0.29, 0.717) is 34.2 Å². The number of rotatable bonds is 7. The number of methoxy groups -OCH3 is 2. The molecule has 0 saturated carbocycles. The zero-order valence-corrected chi connectivity index (χ0v) is 16.1. The Morgan fingerprint density at radius 2 is 1.93 bits per heavy atom. The molecule has 1 amide bonds. The summed E-state index contributed by atoms with van der Waals surface area (Å²) >= 11 is 1.28. The second kappa shape index (κ2) is 8.79. The number of carbonyl (C=O) groups is 1. The average Bonchev–Trinajstić information content (AvgIpc) is 3.11. The number of ether oxygens (including phenoxy) is 2. The molecule has 1 N–H and O–H groups in total. The van der Waals surface area contributed by atoms with Gasteiger partial charge < -0.3 is 14.8 Å². The first-order valence-electron chi connectivity index (χ1n) is 8.38. The Morgan fingerprint density at radius 1 is 1.11 bits per heavy atom. The van der Waals surface area contributed by atoms with Crippen molar-refractivity contribution >= 4 is 22.4 Å². The molecule has 0 aliphatic heterocycles. The monoisotopic (exact) mass is 404 g/mol. The van der Waals surface area contributed by atoms with E-state index in [1.54, 1.807) is 31.5 Å².